The zero-order valence-electron chi connectivity index (χ0n) is 7.57. The average molecular weight is 172 g/mol. The Morgan fingerprint density at radius 2 is 2.00 bits per heavy atom. The summed E-state index contributed by atoms with van der Waals surface area (Å²) >= 11 is 0. The Bertz CT molecular complexity index is 327. The summed E-state index contributed by atoms with van der Waals surface area (Å²) in [6.45, 7) is 1.85. The van der Waals surface area contributed by atoms with Crippen molar-refractivity contribution in [2.45, 2.75) is 13.0 Å². The number of allylic oxidation sites excluding steroid dienone is 1. The van der Waals surface area contributed by atoms with Crippen LogP contribution in [0.1, 0.15) is 12.5 Å². The Balaban J connectivity index is 2.67. The zero-order valence-corrected chi connectivity index (χ0v) is 7.57. The minimum atomic E-state index is -0.662. The molecule has 13 heavy (non-hydrogen) atoms. The molecule has 1 aromatic carbocycles. The molecular weight excluding hydrogens is 160 g/mol. The molecule has 0 aliphatic rings. The van der Waals surface area contributed by atoms with E-state index in [0.29, 0.717) is 0 Å². The summed E-state index contributed by atoms with van der Waals surface area (Å²) in [5, 5.41) is 9.25. The van der Waals surface area contributed by atoms with Crippen molar-refractivity contribution in [2.24, 2.45) is 0 Å². The number of hydrogen-bond donors (Lipinski definition) is 1. The number of aliphatic hydroxyl groups excluding tert-OH is 1. The fraction of sp³-hybridized carbons (Fsp3) is 0.167. The van der Waals surface area contributed by atoms with Gasteiger partial charge in [0.05, 0.1) is 0 Å². The molecule has 1 nitrogen and oxygen atoms in total. The van der Waals surface area contributed by atoms with E-state index >= 15 is 0 Å². The Morgan fingerprint density at radius 1 is 1.31 bits per heavy atom. The van der Waals surface area contributed by atoms with Crippen molar-refractivity contribution in [3.05, 3.63) is 48.0 Å². The van der Waals surface area contributed by atoms with Crippen molar-refractivity contribution in [1.29, 1.82) is 0 Å². The molecule has 0 bridgehead atoms. The lowest BCUT2D eigenvalue weighted by atomic mass is 10.2. The first-order valence-electron chi connectivity index (χ1n) is 4.20. The highest BCUT2D eigenvalue weighted by Gasteiger charge is 1.88. The van der Waals surface area contributed by atoms with Crippen LogP contribution < -0.4 is 0 Å². The molecule has 0 spiro atoms. The van der Waals surface area contributed by atoms with Crippen LogP contribution in [0.5, 0.6) is 0 Å². The molecule has 0 aliphatic carbocycles. The highest BCUT2D eigenvalue weighted by Crippen LogP contribution is 1.95. The minimum absolute atomic E-state index is 0.662. The maximum Gasteiger partial charge on any atom is 0.133 e. The summed E-state index contributed by atoms with van der Waals surface area (Å²) in [6.07, 6.45) is 2.77. The summed E-state index contributed by atoms with van der Waals surface area (Å²) in [4.78, 5) is 0. The molecule has 0 aromatic heterocycles. The lowest BCUT2D eigenvalue weighted by Gasteiger charge is -1.91. The quantitative estimate of drug-likeness (QED) is 0.507. The van der Waals surface area contributed by atoms with E-state index in [9.17, 15) is 5.11 Å². The van der Waals surface area contributed by atoms with Crippen LogP contribution in [0, 0.1) is 11.8 Å². The third kappa shape index (κ3) is 3.59. The molecule has 1 rings (SSSR count). The topological polar surface area (TPSA) is 20.2 Å². The van der Waals surface area contributed by atoms with Crippen molar-refractivity contribution >= 4 is 0 Å². The van der Waals surface area contributed by atoms with Crippen molar-refractivity contribution in [2.75, 3.05) is 0 Å². The van der Waals surface area contributed by atoms with Gasteiger partial charge in [-0.15, -0.1) is 0 Å². The Labute approximate surface area is 78.7 Å². The van der Waals surface area contributed by atoms with Crippen molar-refractivity contribution in [3.8, 4) is 11.8 Å². The van der Waals surface area contributed by atoms with E-state index in [1.165, 1.54) is 0 Å². The number of rotatable bonds is 1. The van der Waals surface area contributed by atoms with E-state index in [1.807, 2.05) is 37.3 Å². The van der Waals surface area contributed by atoms with Crippen molar-refractivity contribution in [3.63, 3.8) is 0 Å². The van der Waals surface area contributed by atoms with Crippen LogP contribution in [-0.2, 0) is 0 Å². The van der Waals surface area contributed by atoms with Gasteiger partial charge in [0.25, 0.3) is 0 Å². The first-order chi connectivity index (χ1) is 6.33. The predicted octanol–water partition coefficient (Wildman–Crippen LogP) is 1.98. The molecule has 0 heterocycles. The van der Waals surface area contributed by atoms with Gasteiger partial charge in [0, 0.05) is 5.56 Å². The molecule has 0 unspecified atom stereocenters. The smallest absolute Gasteiger partial charge is 0.133 e. The third-order valence-corrected chi connectivity index (χ3v) is 1.51. The van der Waals surface area contributed by atoms with Crippen LogP contribution in [0.25, 0.3) is 0 Å². The standard InChI is InChI=1S/C12H12O/c1-2-6-12(13)10-9-11-7-4-3-5-8-11/h2-8,12-13H,1H3/b6-2+/t12-/m1/s1. The third-order valence-electron chi connectivity index (χ3n) is 1.51. The monoisotopic (exact) mass is 172 g/mol. The van der Waals surface area contributed by atoms with Gasteiger partial charge in [-0.2, -0.15) is 0 Å². The summed E-state index contributed by atoms with van der Waals surface area (Å²) in [5.74, 6) is 5.60. The Kier molecular flexibility index (Phi) is 3.81. The summed E-state index contributed by atoms with van der Waals surface area (Å²) < 4.78 is 0. The zero-order chi connectivity index (χ0) is 9.52. The molecule has 1 N–H and O–H groups in total. The van der Waals surface area contributed by atoms with E-state index in [2.05, 4.69) is 11.8 Å². The van der Waals surface area contributed by atoms with E-state index in [4.69, 9.17) is 0 Å². The van der Waals surface area contributed by atoms with Crippen LogP contribution in [0.3, 0.4) is 0 Å². The van der Waals surface area contributed by atoms with Crippen LogP contribution >= 0.6 is 0 Å². The van der Waals surface area contributed by atoms with Gasteiger partial charge in [0.2, 0.25) is 0 Å². The molecule has 1 aromatic rings. The summed E-state index contributed by atoms with van der Waals surface area (Å²) in [5.41, 5.74) is 0.922. The van der Waals surface area contributed by atoms with Crippen LogP contribution in [0.2, 0.25) is 0 Å². The first-order valence-corrected chi connectivity index (χ1v) is 4.20. The second-order valence-electron chi connectivity index (χ2n) is 2.61. The van der Waals surface area contributed by atoms with E-state index < -0.39 is 6.10 Å². The maximum absolute atomic E-state index is 9.25. The SMILES string of the molecule is C/C=C/[C@@H](O)C#Cc1ccccc1. The second-order valence-corrected chi connectivity index (χ2v) is 2.61. The van der Waals surface area contributed by atoms with Gasteiger partial charge in [0.15, 0.2) is 0 Å². The van der Waals surface area contributed by atoms with E-state index in [-0.39, 0.29) is 0 Å². The average Bonchev–Trinajstić information content (AvgIpc) is 2.17. The molecule has 0 amide bonds. The number of aliphatic hydroxyl groups is 1. The lowest BCUT2D eigenvalue weighted by Crippen LogP contribution is -1.95. The molecule has 0 saturated heterocycles. The predicted molar refractivity (Wildman–Crippen MR) is 54.1 cm³/mol. The van der Waals surface area contributed by atoms with Crippen LogP contribution in [0.15, 0.2) is 42.5 Å². The number of benzene rings is 1. The van der Waals surface area contributed by atoms with Gasteiger partial charge >= 0.3 is 0 Å². The van der Waals surface area contributed by atoms with E-state index in [1.54, 1.807) is 12.2 Å². The largest absolute Gasteiger partial charge is 0.377 e. The van der Waals surface area contributed by atoms with Gasteiger partial charge in [-0.3, -0.25) is 0 Å². The van der Waals surface area contributed by atoms with Gasteiger partial charge in [-0.1, -0.05) is 36.1 Å². The lowest BCUT2D eigenvalue weighted by molar-refractivity contribution is 0.280. The molecule has 0 radical (unpaired) electrons. The molecule has 0 saturated carbocycles. The molecule has 1 heteroatoms. The fourth-order valence-corrected chi connectivity index (χ4v) is 0.909. The normalized spacial score (nSPS) is 12.2. The molecule has 0 aliphatic heterocycles. The second kappa shape index (κ2) is 5.18. The van der Waals surface area contributed by atoms with Gasteiger partial charge in [-0.05, 0) is 25.1 Å². The first kappa shape index (κ1) is 9.57. The van der Waals surface area contributed by atoms with Gasteiger partial charge in [-0.25, -0.2) is 0 Å². The maximum atomic E-state index is 9.25. The van der Waals surface area contributed by atoms with Gasteiger partial charge in [0.1, 0.15) is 6.10 Å². The van der Waals surface area contributed by atoms with Crippen LogP contribution in [0.4, 0.5) is 0 Å². The molecular formula is C12H12O. The fourth-order valence-electron chi connectivity index (χ4n) is 0.909. The van der Waals surface area contributed by atoms with Crippen LogP contribution in [-0.4, -0.2) is 11.2 Å². The summed E-state index contributed by atoms with van der Waals surface area (Å²) in [6, 6.07) is 9.61. The molecule has 1 atom stereocenters. The minimum Gasteiger partial charge on any atom is -0.377 e. The van der Waals surface area contributed by atoms with Gasteiger partial charge < -0.3 is 5.11 Å². The van der Waals surface area contributed by atoms with E-state index in [0.717, 1.165) is 5.56 Å². The molecule has 66 valence electrons. The van der Waals surface area contributed by atoms with Crippen molar-refractivity contribution in [1.82, 2.24) is 0 Å². The highest BCUT2D eigenvalue weighted by atomic mass is 16.3. The Morgan fingerprint density at radius 3 is 2.62 bits per heavy atom. The number of hydrogen-bond acceptors (Lipinski definition) is 1. The summed E-state index contributed by atoms with van der Waals surface area (Å²) in [7, 11) is 0. The molecule has 0 fully saturated rings. The van der Waals surface area contributed by atoms with Crippen molar-refractivity contribution < 1.29 is 5.11 Å². The highest BCUT2D eigenvalue weighted by molar-refractivity contribution is 5.35. The Hall–Kier alpha value is -1.52.